The van der Waals surface area contributed by atoms with E-state index in [1.54, 1.807) is 6.07 Å². The number of hydrogen-bond acceptors (Lipinski definition) is 3. The molecule has 118 valence electrons. The Bertz CT molecular complexity index is 595. The molecular weight excluding hydrogens is 355 g/mol. The van der Waals surface area contributed by atoms with Crippen LogP contribution in [0.5, 0.6) is 0 Å². The summed E-state index contributed by atoms with van der Waals surface area (Å²) >= 11 is 17.7. The van der Waals surface area contributed by atoms with Gasteiger partial charge in [0, 0.05) is 37.1 Å². The molecule has 21 heavy (non-hydrogen) atoms. The van der Waals surface area contributed by atoms with Gasteiger partial charge in [-0.3, -0.25) is 0 Å². The Kier molecular flexibility index (Phi) is 6.17. The Morgan fingerprint density at radius 1 is 1.10 bits per heavy atom. The Labute approximate surface area is 140 Å². The van der Waals surface area contributed by atoms with Crippen LogP contribution >= 0.6 is 34.8 Å². The van der Waals surface area contributed by atoms with Crippen LogP contribution in [-0.2, 0) is 10.0 Å². The van der Waals surface area contributed by atoms with E-state index >= 15 is 0 Å². The molecule has 1 fully saturated rings. The fourth-order valence-corrected chi connectivity index (χ4v) is 4.79. The van der Waals surface area contributed by atoms with Crippen molar-refractivity contribution >= 4 is 44.8 Å². The summed E-state index contributed by atoms with van der Waals surface area (Å²) in [5, 5.41) is 0.554. The van der Waals surface area contributed by atoms with E-state index in [2.05, 4.69) is 4.90 Å². The largest absolute Gasteiger partial charge is 0.301 e. The maximum atomic E-state index is 12.7. The molecule has 0 aromatic heterocycles. The first kappa shape index (κ1) is 17.3. The second-order valence-electron chi connectivity index (χ2n) is 4.86. The first-order valence-electron chi connectivity index (χ1n) is 6.68. The molecule has 1 aromatic carbocycles. The van der Waals surface area contributed by atoms with Crippen LogP contribution in [0.2, 0.25) is 10.0 Å². The number of hydrogen-bond donors (Lipinski definition) is 0. The molecule has 4 nitrogen and oxygen atoms in total. The predicted molar refractivity (Wildman–Crippen MR) is 87.0 cm³/mol. The normalized spacial score (nSPS) is 18.6. The monoisotopic (exact) mass is 370 g/mol. The van der Waals surface area contributed by atoms with Gasteiger partial charge in [-0.05, 0) is 31.2 Å². The molecule has 0 bridgehead atoms. The van der Waals surface area contributed by atoms with E-state index in [1.807, 2.05) is 0 Å². The van der Waals surface area contributed by atoms with Crippen LogP contribution < -0.4 is 0 Å². The van der Waals surface area contributed by atoms with Gasteiger partial charge in [0.25, 0.3) is 0 Å². The molecule has 1 aromatic rings. The minimum atomic E-state index is -3.62. The van der Waals surface area contributed by atoms with Crippen molar-refractivity contribution in [1.82, 2.24) is 9.21 Å². The number of benzene rings is 1. The fourth-order valence-electron chi connectivity index (χ4n) is 2.34. The Morgan fingerprint density at radius 3 is 2.57 bits per heavy atom. The molecule has 1 aliphatic rings. The molecule has 8 heteroatoms. The number of alkyl halides is 1. The van der Waals surface area contributed by atoms with Gasteiger partial charge in [0.05, 0.1) is 5.02 Å². The van der Waals surface area contributed by atoms with Crippen LogP contribution in [0, 0.1) is 0 Å². The molecular formula is C13H17Cl3N2O2S. The van der Waals surface area contributed by atoms with Gasteiger partial charge in [-0.1, -0.05) is 23.2 Å². The van der Waals surface area contributed by atoms with Crippen molar-refractivity contribution in [3.8, 4) is 0 Å². The highest BCUT2D eigenvalue weighted by atomic mass is 35.5. The Hall–Kier alpha value is -0.0400. The van der Waals surface area contributed by atoms with Gasteiger partial charge in [-0.2, -0.15) is 4.31 Å². The average Bonchev–Trinajstić information content (AvgIpc) is 2.68. The van der Waals surface area contributed by atoms with Crippen LogP contribution in [0.25, 0.3) is 0 Å². The van der Waals surface area contributed by atoms with Crippen LogP contribution in [0.15, 0.2) is 23.1 Å². The summed E-state index contributed by atoms with van der Waals surface area (Å²) in [7, 11) is -3.62. The van der Waals surface area contributed by atoms with Crippen molar-refractivity contribution in [2.24, 2.45) is 0 Å². The fraction of sp³-hybridized carbons (Fsp3) is 0.538. The quantitative estimate of drug-likeness (QED) is 0.764. The lowest BCUT2D eigenvalue weighted by molar-refractivity contribution is 0.303. The van der Waals surface area contributed by atoms with E-state index in [-0.39, 0.29) is 9.92 Å². The maximum Gasteiger partial charge on any atom is 0.244 e. The van der Waals surface area contributed by atoms with Gasteiger partial charge >= 0.3 is 0 Å². The summed E-state index contributed by atoms with van der Waals surface area (Å²) in [4.78, 5) is 2.24. The molecule has 0 amide bonds. The highest BCUT2D eigenvalue weighted by molar-refractivity contribution is 7.89. The van der Waals surface area contributed by atoms with Crippen LogP contribution in [0.3, 0.4) is 0 Å². The summed E-state index contributed by atoms with van der Waals surface area (Å²) in [5.41, 5.74) is 0. The summed E-state index contributed by atoms with van der Waals surface area (Å²) in [6.07, 6.45) is 0.772. The van der Waals surface area contributed by atoms with E-state index < -0.39 is 10.0 Å². The number of sulfonamides is 1. The molecule has 0 atom stereocenters. The molecule has 0 N–H and O–H groups in total. The first-order chi connectivity index (χ1) is 9.95. The van der Waals surface area contributed by atoms with Gasteiger partial charge in [-0.15, -0.1) is 11.6 Å². The second-order valence-corrected chi connectivity index (χ2v) is 7.99. The topological polar surface area (TPSA) is 40.6 Å². The number of nitrogens with zero attached hydrogens (tertiary/aromatic N) is 2. The maximum absolute atomic E-state index is 12.7. The van der Waals surface area contributed by atoms with Gasteiger partial charge in [0.2, 0.25) is 10.0 Å². The highest BCUT2D eigenvalue weighted by Gasteiger charge is 2.28. The first-order valence-corrected chi connectivity index (χ1v) is 9.41. The zero-order valence-corrected chi connectivity index (χ0v) is 14.5. The van der Waals surface area contributed by atoms with Crippen molar-refractivity contribution in [3.63, 3.8) is 0 Å². The average molecular weight is 372 g/mol. The third-order valence-electron chi connectivity index (χ3n) is 3.46. The van der Waals surface area contributed by atoms with Crippen LogP contribution in [-0.4, -0.2) is 56.2 Å². The minimum Gasteiger partial charge on any atom is -0.301 e. The molecule has 0 aliphatic carbocycles. The van der Waals surface area contributed by atoms with Crippen LogP contribution in [0.1, 0.15) is 6.42 Å². The van der Waals surface area contributed by atoms with Crippen molar-refractivity contribution in [2.45, 2.75) is 11.3 Å². The molecule has 0 radical (unpaired) electrons. The SMILES string of the molecule is O=S(=O)(c1cc(Cl)ccc1Cl)N1CCCN(CCCl)CC1. The lowest BCUT2D eigenvalue weighted by atomic mass is 10.4. The number of rotatable bonds is 4. The standard InChI is InChI=1S/C13H17Cl3N2O2S/c14-4-7-17-5-1-6-18(9-8-17)21(19,20)13-10-11(15)2-3-12(13)16/h2-3,10H,1,4-9H2. The van der Waals surface area contributed by atoms with Crippen molar-refractivity contribution in [3.05, 3.63) is 28.2 Å². The van der Waals surface area contributed by atoms with Crippen molar-refractivity contribution < 1.29 is 8.42 Å². The van der Waals surface area contributed by atoms with Crippen LogP contribution in [0.4, 0.5) is 0 Å². The predicted octanol–water partition coefficient (Wildman–Crippen LogP) is 2.93. The summed E-state index contributed by atoms with van der Waals surface area (Å²) in [6, 6.07) is 4.49. The van der Waals surface area contributed by atoms with Gasteiger partial charge in [0.15, 0.2) is 0 Å². The Balaban J connectivity index is 2.21. The van der Waals surface area contributed by atoms with Gasteiger partial charge in [-0.25, -0.2) is 8.42 Å². The smallest absolute Gasteiger partial charge is 0.244 e. The molecule has 0 spiro atoms. The third-order valence-corrected chi connectivity index (χ3v) is 6.24. The molecule has 2 rings (SSSR count). The second kappa shape index (κ2) is 7.49. The third kappa shape index (κ3) is 4.24. The number of halogens is 3. The van der Waals surface area contributed by atoms with Crippen molar-refractivity contribution in [2.75, 3.05) is 38.6 Å². The minimum absolute atomic E-state index is 0.0717. The molecule has 0 unspecified atom stereocenters. The summed E-state index contributed by atoms with van der Waals surface area (Å²) < 4.78 is 26.9. The summed E-state index contributed by atoms with van der Waals surface area (Å²) in [6.45, 7) is 3.20. The zero-order valence-electron chi connectivity index (χ0n) is 11.4. The Morgan fingerprint density at radius 2 is 1.86 bits per heavy atom. The molecule has 0 saturated carbocycles. The van der Waals surface area contributed by atoms with E-state index in [1.165, 1.54) is 16.4 Å². The highest BCUT2D eigenvalue weighted by Crippen LogP contribution is 2.28. The van der Waals surface area contributed by atoms with E-state index in [4.69, 9.17) is 34.8 Å². The molecule has 1 aliphatic heterocycles. The van der Waals surface area contributed by atoms with E-state index in [0.29, 0.717) is 30.5 Å². The van der Waals surface area contributed by atoms with E-state index in [0.717, 1.165) is 19.5 Å². The zero-order chi connectivity index (χ0) is 15.5. The van der Waals surface area contributed by atoms with Crippen molar-refractivity contribution in [1.29, 1.82) is 0 Å². The molecule has 1 heterocycles. The lowest BCUT2D eigenvalue weighted by Gasteiger charge is -2.21. The van der Waals surface area contributed by atoms with Gasteiger partial charge in [0.1, 0.15) is 4.90 Å². The molecule has 1 saturated heterocycles. The summed E-state index contributed by atoms with van der Waals surface area (Å²) in [5.74, 6) is 0.548. The lowest BCUT2D eigenvalue weighted by Crippen LogP contribution is -2.35. The van der Waals surface area contributed by atoms with E-state index in [9.17, 15) is 8.42 Å². The van der Waals surface area contributed by atoms with Gasteiger partial charge < -0.3 is 4.90 Å².